The summed E-state index contributed by atoms with van der Waals surface area (Å²) in [6.07, 6.45) is 1.82. The Morgan fingerprint density at radius 2 is 1.86 bits per heavy atom. The Kier molecular flexibility index (Phi) is 4.42. The summed E-state index contributed by atoms with van der Waals surface area (Å²) in [6, 6.07) is 18.3. The van der Waals surface area contributed by atoms with Crippen LogP contribution in [-0.2, 0) is 11.2 Å². The fourth-order valence-electron chi connectivity index (χ4n) is 2.81. The lowest BCUT2D eigenvalue weighted by atomic mass is 10.1. The Labute approximate surface area is 131 Å². The first-order valence-electron chi connectivity index (χ1n) is 7.73. The first kappa shape index (κ1) is 14.6. The summed E-state index contributed by atoms with van der Waals surface area (Å²) >= 11 is 0. The van der Waals surface area contributed by atoms with Gasteiger partial charge in [-0.15, -0.1) is 0 Å². The van der Waals surface area contributed by atoms with E-state index in [9.17, 15) is 4.79 Å². The van der Waals surface area contributed by atoms with Crippen LogP contribution in [0.5, 0.6) is 5.75 Å². The first-order valence-corrected chi connectivity index (χ1v) is 7.73. The van der Waals surface area contributed by atoms with Crippen LogP contribution in [0, 0.1) is 5.92 Å². The van der Waals surface area contributed by atoms with Crippen molar-refractivity contribution < 1.29 is 9.53 Å². The van der Waals surface area contributed by atoms with Gasteiger partial charge in [-0.05, 0) is 42.0 Å². The zero-order chi connectivity index (χ0) is 15.4. The van der Waals surface area contributed by atoms with Crippen LogP contribution in [0.4, 0.5) is 0 Å². The first-order chi connectivity index (χ1) is 10.8. The summed E-state index contributed by atoms with van der Waals surface area (Å²) in [5.41, 5.74) is 2.48. The number of amides is 1. The van der Waals surface area contributed by atoms with E-state index in [2.05, 4.69) is 17.4 Å². The Bertz CT molecular complexity index is 622. The molecule has 3 nitrogen and oxygen atoms in total. The van der Waals surface area contributed by atoms with Gasteiger partial charge >= 0.3 is 0 Å². The number of benzene rings is 2. The highest BCUT2D eigenvalue weighted by molar-refractivity contribution is 5.82. The van der Waals surface area contributed by atoms with Gasteiger partial charge in [-0.2, -0.15) is 0 Å². The average Bonchev–Trinajstić information content (AvgIpc) is 3.37. The van der Waals surface area contributed by atoms with E-state index in [1.807, 2.05) is 42.5 Å². The van der Waals surface area contributed by atoms with Crippen LogP contribution >= 0.6 is 0 Å². The van der Waals surface area contributed by atoms with Crippen molar-refractivity contribution in [2.24, 2.45) is 5.92 Å². The van der Waals surface area contributed by atoms with Gasteiger partial charge in [0, 0.05) is 12.5 Å². The minimum Gasteiger partial charge on any atom is -0.497 e. The number of methoxy groups -OCH3 is 1. The van der Waals surface area contributed by atoms with Gasteiger partial charge in [0.1, 0.15) is 5.75 Å². The van der Waals surface area contributed by atoms with Gasteiger partial charge in [0.25, 0.3) is 0 Å². The Balaban J connectivity index is 1.43. The summed E-state index contributed by atoms with van der Waals surface area (Å²) < 4.78 is 5.14. The second-order valence-corrected chi connectivity index (χ2v) is 5.75. The van der Waals surface area contributed by atoms with Crippen molar-refractivity contribution >= 4 is 5.91 Å². The molecule has 3 heteroatoms. The zero-order valence-corrected chi connectivity index (χ0v) is 12.8. The largest absolute Gasteiger partial charge is 0.497 e. The molecular formula is C19H21NO2. The second kappa shape index (κ2) is 6.65. The maximum absolute atomic E-state index is 12.1. The normalized spacial score (nSPS) is 19.5. The predicted octanol–water partition coefficient (Wildman–Crippen LogP) is 3.16. The SMILES string of the molecule is COc1ccc(CCNC(=O)[C@H]2C[C@@H]2c2ccccc2)cc1. The molecule has 1 aliphatic carbocycles. The fraction of sp³-hybridized carbons (Fsp3) is 0.316. The maximum atomic E-state index is 12.1. The van der Waals surface area contributed by atoms with Crippen molar-refractivity contribution in [1.82, 2.24) is 5.32 Å². The lowest BCUT2D eigenvalue weighted by Gasteiger charge is -2.06. The predicted molar refractivity (Wildman–Crippen MR) is 87.0 cm³/mol. The Morgan fingerprint density at radius 1 is 1.14 bits per heavy atom. The summed E-state index contributed by atoms with van der Waals surface area (Å²) in [5, 5.41) is 3.05. The molecule has 3 rings (SSSR count). The van der Waals surface area contributed by atoms with E-state index in [4.69, 9.17) is 4.74 Å². The number of rotatable bonds is 6. The molecule has 0 saturated heterocycles. The van der Waals surface area contributed by atoms with E-state index in [0.717, 1.165) is 18.6 Å². The fourth-order valence-corrected chi connectivity index (χ4v) is 2.81. The molecule has 0 radical (unpaired) electrons. The maximum Gasteiger partial charge on any atom is 0.223 e. The van der Waals surface area contributed by atoms with Crippen LogP contribution in [0.1, 0.15) is 23.5 Å². The lowest BCUT2D eigenvalue weighted by Crippen LogP contribution is -2.27. The standard InChI is InChI=1S/C19H21NO2/c1-22-16-9-7-14(8-10-16)11-12-20-19(21)18-13-17(18)15-5-3-2-4-6-15/h2-10,17-18H,11-13H2,1H3,(H,20,21)/t17-,18+/m1/s1. The van der Waals surface area contributed by atoms with E-state index >= 15 is 0 Å². The molecule has 1 aliphatic rings. The number of hydrogen-bond donors (Lipinski definition) is 1. The summed E-state index contributed by atoms with van der Waals surface area (Å²) in [7, 11) is 1.66. The van der Waals surface area contributed by atoms with Gasteiger partial charge in [-0.3, -0.25) is 4.79 Å². The lowest BCUT2D eigenvalue weighted by molar-refractivity contribution is -0.122. The number of carbonyl (C=O) groups is 1. The second-order valence-electron chi connectivity index (χ2n) is 5.75. The molecule has 0 aromatic heterocycles. The van der Waals surface area contributed by atoms with Crippen LogP contribution in [0.15, 0.2) is 54.6 Å². The molecule has 0 bridgehead atoms. The van der Waals surface area contributed by atoms with Crippen molar-refractivity contribution in [2.45, 2.75) is 18.8 Å². The van der Waals surface area contributed by atoms with E-state index in [-0.39, 0.29) is 11.8 Å². The van der Waals surface area contributed by atoms with Gasteiger partial charge < -0.3 is 10.1 Å². The van der Waals surface area contributed by atoms with Gasteiger partial charge in [-0.25, -0.2) is 0 Å². The number of ether oxygens (including phenoxy) is 1. The molecule has 114 valence electrons. The summed E-state index contributed by atoms with van der Waals surface area (Å²) in [5.74, 6) is 1.60. The molecule has 0 heterocycles. The van der Waals surface area contributed by atoms with Crippen LogP contribution in [0.3, 0.4) is 0 Å². The van der Waals surface area contributed by atoms with Gasteiger partial charge in [0.15, 0.2) is 0 Å². The third-order valence-corrected chi connectivity index (χ3v) is 4.23. The highest BCUT2D eigenvalue weighted by Crippen LogP contribution is 2.47. The molecule has 0 aliphatic heterocycles. The summed E-state index contributed by atoms with van der Waals surface area (Å²) in [6.45, 7) is 0.684. The smallest absolute Gasteiger partial charge is 0.223 e. The van der Waals surface area contributed by atoms with E-state index in [0.29, 0.717) is 12.5 Å². The summed E-state index contributed by atoms with van der Waals surface area (Å²) in [4.78, 5) is 12.1. The quantitative estimate of drug-likeness (QED) is 0.889. The van der Waals surface area contributed by atoms with Gasteiger partial charge in [0.2, 0.25) is 5.91 Å². The van der Waals surface area contributed by atoms with Gasteiger partial charge in [-0.1, -0.05) is 42.5 Å². The molecular weight excluding hydrogens is 274 g/mol. The topological polar surface area (TPSA) is 38.3 Å². The zero-order valence-electron chi connectivity index (χ0n) is 12.8. The van der Waals surface area contributed by atoms with Crippen molar-refractivity contribution in [3.05, 3.63) is 65.7 Å². The van der Waals surface area contributed by atoms with Crippen molar-refractivity contribution in [3.8, 4) is 5.75 Å². The molecule has 1 amide bonds. The van der Waals surface area contributed by atoms with E-state index < -0.39 is 0 Å². The third kappa shape index (κ3) is 3.48. The van der Waals surface area contributed by atoms with Crippen molar-refractivity contribution in [2.75, 3.05) is 13.7 Å². The minimum atomic E-state index is 0.151. The molecule has 1 saturated carbocycles. The monoisotopic (exact) mass is 295 g/mol. The molecule has 0 spiro atoms. The van der Waals surface area contributed by atoms with Crippen LogP contribution in [-0.4, -0.2) is 19.6 Å². The number of hydrogen-bond acceptors (Lipinski definition) is 2. The van der Waals surface area contributed by atoms with Crippen molar-refractivity contribution in [3.63, 3.8) is 0 Å². The van der Waals surface area contributed by atoms with Crippen molar-refractivity contribution in [1.29, 1.82) is 0 Å². The Morgan fingerprint density at radius 3 is 2.55 bits per heavy atom. The van der Waals surface area contributed by atoms with Crippen LogP contribution < -0.4 is 10.1 Å². The highest BCUT2D eigenvalue weighted by Gasteiger charge is 2.43. The molecule has 1 fully saturated rings. The number of carbonyl (C=O) groups excluding carboxylic acids is 1. The molecule has 2 atom stereocenters. The van der Waals surface area contributed by atoms with Gasteiger partial charge in [0.05, 0.1) is 7.11 Å². The number of nitrogens with one attached hydrogen (secondary N) is 1. The van der Waals surface area contributed by atoms with E-state index in [1.165, 1.54) is 11.1 Å². The molecule has 0 unspecified atom stereocenters. The molecule has 2 aromatic rings. The van der Waals surface area contributed by atoms with Crippen LogP contribution in [0.2, 0.25) is 0 Å². The molecule has 1 N–H and O–H groups in total. The van der Waals surface area contributed by atoms with Crippen LogP contribution in [0.25, 0.3) is 0 Å². The minimum absolute atomic E-state index is 0.151. The average molecular weight is 295 g/mol. The Hall–Kier alpha value is -2.29. The third-order valence-electron chi connectivity index (χ3n) is 4.23. The molecule has 2 aromatic carbocycles. The van der Waals surface area contributed by atoms with E-state index in [1.54, 1.807) is 7.11 Å². The highest BCUT2D eigenvalue weighted by atomic mass is 16.5. The molecule has 22 heavy (non-hydrogen) atoms.